The Morgan fingerprint density at radius 2 is 2.00 bits per heavy atom. The van der Waals surface area contributed by atoms with Gasteiger partial charge in [0.05, 0.1) is 18.5 Å². The van der Waals surface area contributed by atoms with Gasteiger partial charge < -0.3 is 14.9 Å². The largest absolute Gasteiger partial charge is 0.465 e. The Bertz CT molecular complexity index is 507. The fourth-order valence-corrected chi connectivity index (χ4v) is 2.59. The molecule has 1 aliphatic rings. The average Bonchev–Trinajstić information content (AvgIpc) is 2.41. The number of carbonyl (C=O) groups is 1. The van der Waals surface area contributed by atoms with Gasteiger partial charge in [0.25, 0.3) is 0 Å². The predicted octanol–water partition coefficient (Wildman–Crippen LogP) is 1.59. The Balaban J connectivity index is 2.06. The Kier molecular flexibility index (Phi) is 4.59. The molecule has 1 N–H and O–H groups in total. The quantitative estimate of drug-likeness (QED) is 0.908. The van der Waals surface area contributed by atoms with Crippen molar-refractivity contribution in [2.75, 3.05) is 26.7 Å². The molecule has 1 saturated heterocycles. The third kappa shape index (κ3) is 3.49. The summed E-state index contributed by atoms with van der Waals surface area (Å²) < 4.78 is 0. The molecule has 1 unspecified atom stereocenters. The molecule has 1 aromatic carbocycles. The van der Waals surface area contributed by atoms with Crippen LogP contribution in [0.2, 0.25) is 0 Å². The minimum Gasteiger partial charge on any atom is -0.465 e. The lowest BCUT2D eigenvalue weighted by molar-refractivity contribution is 0.0778. The summed E-state index contributed by atoms with van der Waals surface area (Å²) in [6.45, 7) is 2.10. The zero-order chi connectivity index (χ0) is 14.5. The van der Waals surface area contributed by atoms with Gasteiger partial charge in [0, 0.05) is 19.6 Å². The predicted molar refractivity (Wildman–Crippen MR) is 75.5 cm³/mol. The molecule has 1 aromatic rings. The number of likely N-dealkylation sites (N-methyl/N-ethyl adjacent to an activating group) is 1. The van der Waals surface area contributed by atoms with Gasteiger partial charge in [0.2, 0.25) is 0 Å². The van der Waals surface area contributed by atoms with Crippen LogP contribution >= 0.6 is 0 Å². The summed E-state index contributed by atoms with van der Waals surface area (Å²) in [6, 6.07) is 9.97. The van der Waals surface area contributed by atoms with E-state index in [0.29, 0.717) is 19.4 Å². The van der Waals surface area contributed by atoms with Gasteiger partial charge in [-0.1, -0.05) is 24.3 Å². The lowest BCUT2D eigenvalue weighted by Gasteiger charge is -2.38. The summed E-state index contributed by atoms with van der Waals surface area (Å²) in [5, 5.41) is 17.9. The molecule has 1 amide bonds. The van der Waals surface area contributed by atoms with Crippen molar-refractivity contribution >= 4 is 6.09 Å². The average molecular weight is 273 g/mol. The standard InChI is InChI=1S/C15H19N3O2/c1-17-8-9-18(15(19)20)14(11-17)10-13-4-2-12(3-5-13)6-7-16/h2-5,14H,6,8-11H2,1H3,(H,19,20). The fourth-order valence-electron chi connectivity index (χ4n) is 2.59. The Hall–Kier alpha value is -2.06. The second-order valence-electron chi connectivity index (χ2n) is 5.25. The second-order valence-corrected chi connectivity index (χ2v) is 5.25. The maximum absolute atomic E-state index is 11.3. The first kappa shape index (κ1) is 14.4. The molecule has 1 fully saturated rings. The van der Waals surface area contributed by atoms with Gasteiger partial charge in [0.1, 0.15) is 0 Å². The monoisotopic (exact) mass is 273 g/mol. The van der Waals surface area contributed by atoms with E-state index in [-0.39, 0.29) is 6.04 Å². The molecule has 5 nitrogen and oxygen atoms in total. The molecule has 0 bridgehead atoms. The zero-order valence-corrected chi connectivity index (χ0v) is 11.6. The molecular weight excluding hydrogens is 254 g/mol. The third-order valence-corrected chi connectivity index (χ3v) is 3.71. The summed E-state index contributed by atoms with van der Waals surface area (Å²) in [5.74, 6) is 0. The van der Waals surface area contributed by atoms with Gasteiger partial charge in [-0.2, -0.15) is 5.26 Å². The first-order chi connectivity index (χ1) is 9.60. The highest BCUT2D eigenvalue weighted by atomic mass is 16.4. The molecule has 0 aliphatic carbocycles. The lowest BCUT2D eigenvalue weighted by atomic mass is 10.0. The van der Waals surface area contributed by atoms with Crippen LogP contribution in [0.1, 0.15) is 11.1 Å². The van der Waals surface area contributed by atoms with Crippen molar-refractivity contribution in [1.82, 2.24) is 9.80 Å². The number of piperazine rings is 1. The van der Waals surface area contributed by atoms with Crippen molar-refractivity contribution in [2.24, 2.45) is 0 Å². The molecule has 0 aromatic heterocycles. The molecule has 1 heterocycles. The minimum atomic E-state index is -0.843. The summed E-state index contributed by atoms with van der Waals surface area (Å²) in [4.78, 5) is 15.0. The second kappa shape index (κ2) is 6.40. The van der Waals surface area contributed by atoms with Crippen LogP contribution in [-0.2, 0) is 12.8 Å². The zero-order valence-electron chi connectivity index (χ0n) is 11.6. The molecule has 1 atom stereocenters. The van der Waals surface area contributed by atoms with Crippen molar-refractivity contribution in [3.05, 3.63) is 35.4 Å². The number of rotatable bonds is 3. The van der Waals surface area contributed by atoms with E-state index in [2.05, 4.69) is 11.0 Å². The number of carboxylic acid groups (broad SMARTS) is 1. The summed E-state index contributed by atoms with van der Waals surface area (Å²) in [5.41, 5.74) is 2.10. The van der Waals surface area contributed by atoms with Gasteiger partial charge in [-0.3, -0.25) is 0 Å². The van der Waals surface area contributed by atoms with Crippen LogP contribution < -0.4 is 0 Å². The van der Waals surface area contributed by atoms with Gasteiger partial charge in [-0.05, 0) is 24.6 Å². The minimum absolute atomic E-state index is 0.00642. The van der Waals surface area contributed by atoms with Crippen molar-refractivity contribution in [3.8, 4) is 6.07 Å². The number of amides is 1. The number of nitriles is 1. The summed E-state index contributed by atoms with van der Waals surface area (Å²) >= 11 is 0. The van der Waals surface area contributed by atoms with Crippen LogP contribution in [0, 0.1) is 11.3 Å². The lowest BCUT2D eigenvalue weighted by Crippen LogP contribution is -2.54. The topological polar surface area (TPSA) is 67.6 Å². The van der Waals surface area contributed by atoms with Gasteiger partial charge in [-0.15, -0.1) is 0 Å². The molecule has 5 heteroatoms. The summed E-state index contributed by atoms with van der Waals surface area (Å²) in [6.07, 6.45) is 0.279. The van der Waals surface area contributed by atoms with Crippen molar-refractivity contribution in [3.63, 3.8) is 0 Å². The van der Waals surface area contributed by atoms with Crippen LogP contribution in [-0.4, -0.2) is 53.7 Å². The molecular formula is C15H19N3O2. The van der Waals surface area contributed by atoms with E-state index in [1.807, 2.05) is 31.3 Å². The van der Waals surface area contributed by atoms with Crippen LogP contribution in [0.25, 0.3) is 0 Å². The van der Waals surface area contributed by atoms with E-state index in [1.54, 1.807) is 0 Å². The van der Waals surface area contributed by atoms with Crippen LogP contribution in [0.3, 0.4) is 0 Å². The highest BCUT2D eigenvalue weighted by Crippen LogP contribution is 2.15. The normalized spacial score (nSPS) is 19.6. The first-order valence-electron chi connectivity index (χ1n) is 6.73. The Labute approximate surface area is 119 Å². The molecule has 0 spiro atoms. The number of hydrogen-bond acceptors (Lipinski definition) is 3. The molecule has 1 aliphatic heterocycles. The van der Waals surface area contributed by atoms with Crippen molar-refractivity contribution in [2.45, 2.75) is 18.9 Å². The molecule has 20 heavy (non-hydrogen) atoms. The molecule has 106 valence electrons. The fraction of sp³-hybridized carbons (Fsp3) is 0.467. The Morgan fingerprint density at radius 1 is 1.35 bits per heavy atom. The van der Waals surface area contributed by atoms with Crippen LogP contribution in [0.15, 0.2) is 24.3 Å². The van der Waals surface area contributed by atoms with Crippen LogP contribution in [0.5, 0.6) is 0 Å². The third-order valence-electron chi connectivity index (χ3n) is 3.71. The molecule has 2 rings (SSSR count). The van der Waals surface area contributed by atoms with Gasteiger partial charge in [-0.25, -0.2) is 4.79 Å². The number of hydrogen-bond donors (Lipinski definition) is 1. The summed E-state index contributed by atoms with van der Waals surface area (Å²) in [7, 11) is 2.02. The van der Waals surface area contributed by atoms with Crippen molar-refractivity contribution in [1.29, 1.82) is 5.26 Å². The van der Waals surface area contributed by atoms with E-state index >= 15 is 0 Å². The maximum atomic E-state index is 11.3. The SMILES string of the molecule is CN1CCN(C(=O)O)C(Cc2ccc(CC#N)cc2)C1. The van der Waals surface area contributed by atoms with Crippen molar-refractivity contribution < 1.29 is 9.90 Å². The smallest absolute Gasteiger partial charge is 0.407 e. The van der Waals surface area contributed by atoms with E-state index < -0.39 is 6.09 Å². The first-order valence-corrected chi connectivity index (χ1v) is 6.73. The molecule has 0 saturated carbocycles. The molecule has 0 radical (unpaired) electrons. The van der Waals surface area contributed by atoms with E-state index in [0.717, 1.165) is 24.2 Å². The van der Waals surface area contributed by atoms with E-state index in [9.17, 15) is 9.90 Å². The van der Waals surface area contributed by atoms with Gasteiger partial charge >= 0.3 is 6.09 Å². The van der Waals surface area contributed by atoms with E-state index in [4.69, 9.17) is 5.26 Å². The van der Waals surface area contributed by atoms with E-state index in [1.165, 1.54) is 4.90 Å². The number of benzene rings is 1. The highest BCUT2D eigenvalue weighted by molar-refractivity contribution is 5.65. The number of nitrogens with zero attached hydrogens (tertiary/aromatic N) is 3. The van der Waals surface area contributed by atoms with Crippen LogP contribution in [0.4, 0.5) is 4.79 Å². The highest BCUT2D eigenvalue weighted by Gasteiger charge is 2.28. The van der Waals surface area contributed by atoms with Gasteiger partial charge in [0.15, 0.2) is 0 Å². The Morgan fingerprint density at radius 3 is 2.60 bits per heavy atom. The maximum Gasteiger partial charge on any atom is 0.407 e.